The van der Waals surface area contributed by atoms with Crippen LogP contribution in [-0.2, 0) is 33.6 Å². The molecule has 0 aromatic heterocycles. The monoisotopic (exact) mass is 347 g/mol. The van der Waals surface area contributed by atoms with E-state index in [4.69, 9.17) is 4.74 Å². The lowest BCUT2D eigenvalue weighted by molar-refractivity contribution is -0.151. The Morgan fingerprint density at radius 2 is 1.88 bits per heavy atom. The van der Waals surface area contributed by atoms with Gasteiger partial charge in [-0.25, -0.2) is 4.79 Å². The van der Waals surface area contributed by atoms with E-state index in [0.717, 1.165) is 29.9 Å². The molecule has 1 amide bonds. The van der Waals surface area contributed by atoms with Crippen LogP contribution >= 0.6 is 11.8 Å². The van der Waals surface area contributed by atoms with Crippen LogP contribution in [-0.4, -0.2) is 36.0 Å². The van der Waals surface area contributed by atoms with Crippen molar-refractivity contribution in [2.24, 2.45) is 0 Å². The number of ether oxygens (including phenoxy) is 1. The van der Waals surface area contributed by atoms with Crippen LogP contribution < -0.4 is 5.32 Å². The zero-order chi connectivity index (χ0) is 17.0. The summed E-state index contributed by atoms with van der Waals surface area (Å²) >= 11 is 1.81. The van der Waals surface area contributed by atoms with E-state index >= 15 is 0 Å². The Morgan fingerprint density at radius 1 is 1.17 bits per heavy atom. The average Bonchev–Trinajstić information content (AvgIpc) is 2.61. The summed E-state index contributed by atoms with van der Waals surface area (Å²) in [4.78, 5) is 24.8. The molecule has 24 heavy (non-hydrogen) atoms. The number of rotatable bonds is 4. The third-order valence-electron chi connectivity index (χ3n) is 5.08. The Morgan fingerprint density at radius 3 is 2.58 bits per heavy atom. The number of hydrogen-bond acceptors (Lipinski definition) is 4. The largest absolute Gasteiger partial charge is 0.467 e. The Kier molecular flexibility index (Phi) is 5.49. The molecular formula is C19H25NO3S. The lowest BCUT2D eigenvalue weighted by atomic mass is 9.89. The molecule has 1 aliphatic heterocycles. The van der Waals surface area contributed by atoms with Crippen LogP contribution in [0.1, 0.15) is 42.4 Å². The van der Waals surface area contributed by atoms with Crippen molar-refractivity contribution in [2.75, 3.05) is 18.6 Å². The van der Waals surface area contributed by atoms with Gasteiger partial charge in [-0.2, -0.15) is 11.8 Å². The van der Waals surface area contributed by atoms with Crippen LogP contribution in [0.15, 0.2) is 18.2 Å². The van der Waals surface area contributed by atoms with Gasteiger partial charge in [-0.1, -0.05) is 18.2 Å². The summed E-state index contributed by atoms with van der Waals surface area (Å²) in [5.41, 5.74) is 2.98. The number of carbonyl (C=O) groups is 2. The zero-order valence-corrected chi connectivity index (χ0v) is 15.0. The summed E-state index contributed by atoms with van der Waals surface area (Å²) in [6, 6.07) is 6.37. The van der Waals surface area contributed by atoms with Gasteiger partial charge in [0.05, 0.1) is 13.5 Å². The third kappa shape index (κ3) is 3.77. The topological polar surface area (TPSA) is 55.4 Å². The average molecular weight is 347 g/mol. The van der Waals surface area contributed by atoms with Gasteiger partial charge in [-0.15, -0.1) is 0 Å². The van der Waals surface area contributed by atoms with Crippen LogP contribution in [0.2, 0.25) is 0 Å². The molecule has 0 radical (unpaired) electrons. The summed E-state index contributed by atoms with van der Waals surface area (Å²) in [5, 5.41) is 2.98. The number of carbonyl (C=O) groups excluding carboxylic acids is 2. The van der Waals surface area contributed by atoms with Crippen molar-refractivity contribution in [2.45, 2.75) is 50.5 Å². The lowest BCUT2D eigenvalue weighted by Crippen LogP contribution is -2.57. The number of thioether (sulfide) groups is 1. The summed E-state index contributed by atoms with van der Waals surface area (Å²) in [7, 11) is 1.39. The fourth-order valence-electron chi connectivity index (χ4n) is 3.69. The molecule has 0 atom stereocenters. The molecule has 1 aliphatic carbocycles. The molecule has 5 heteroatoms. The fourth-order valence-corrected chi connectivity index (χ4v) is 4.88. The molecule has 1 saturated heterocycles. The third-order valence-corrected chi connectivity index (χ3v) is 6.06. The Balaban J connectivity index is 1.68. The Labute approximate surface area is 147 Å². The number of amides is 1. The molecule has 0 unspecified atom stereocenters. The smallest absolute Gasteiger partial charge is 0.331 e. The second-order valence-electron chi connectivity index (χ2n) is 6.72. The minimum Gasteiger partial charge on any atom is -0.467 e. The number of methoxy groups -OCH3 is 1. The lowest BCUT2D eigenvalue weighted by Gasteiger charge is -2.35. The standard InChI is InChI=1S/C19H25NO3S/c1-23-18(22)19(8-10-24-11-9-19)20-17(21)13-14-6-7-15-4-2-3-5-16(15)12-14/h6-7,12H,2-5,8-11,13H2,1H3,(H,20,21). The van der Waals surface area contributed by atoms with E-state index in [2.05, 4.69) is 17.4 Å². The second kappa shape index (κ2) is 7.60. The molecule has 130 valence electrons. The van der Waals surface area contributed by atoms with E-state index in [-0.39, 0.29) is 11.9 Å². The highest BCUT2D eigenvalue weighted by molar-refractivity contribution is 7.99. The first-order chi connectivity index (χ1) is 11.6. The number of benzene rings is 1. The van der Waals surface area contributed by atoms with E-state index < -0.39 is 5.54 Å². The van der Waals surface area contributed by atoms with Gasteiger partial charge in [0.1, 0.15) is 5.54 Å². The van der Waals surface area contributed by atoms with E-state index in [9.17, 15) is 9.59 Å². The SMILES string of the molecule is COC(=O)C1(NC(=O)Cc2ccc3c(c2)CCCC3)CCSCC1. The summed E-state index contributed by atoms with van der Waals surface area (Å²) < 4.78 is 4.96. The van der Waals surface area contributed by atoms with Crippen molar-refractivity contribution in [3.63, 3.8) is 0 Å². The molecular weight excluding hydrogens is 322 g/mol. The van der Waals surface area contributed by atoms with Gasteiger partial charge in [0.2, 0.25) is 5.91 Å². The van der Waals surface area contributed by atoms with Gasteiger partial charge < -0.3 is 10.1 Å². The fraction of sp³-hybridized carbons (Fsp3) is 0.579. The number of nitrogens with one attached hydrogen (secondary N) is 1. The number of esters is 1. The van der Waals surface area contributed by atoms with Crippen LogP contribution in [0.3, 0.4) is 0 Å². The molecule has 2 aliphatic rings. The van der Waals surface area contributed by atoms with Crippen molar-refractivity contribution in [1.82, 2.24) is 5.32 Å². The van der Waals surface area contributed by atoms with E-state index in [1.54, 1.807) is 0 Å². The van der Waals surface area contributed by atoms with Gasteiger partial charge in [0, 0.05) is 0 Å². The summed E-state index contributed by atoms with van der Waals surface area (Å²) in [6.45, 7) is 0. The van der Waals surface area contributed by atoms with E-state index in [1.807, 2.05) is 17.8 Å². The molecule has 3 rings (SSSR count). The maximum Gasteiger partial charge on any atom is 0.331 e. The highest BCUT2D eigenvalue weighted by Crippen LogP contribution is 2.28. The molecule has 1 aromatic carbocycles. The molecule has 1 heterocycles. The van der Waals surface area contributed by atoms with Gasteiger partial charge in [-0.05, 0) is 66.7 Å². The van der Waals surface area contributed by atoms with Gasteiger partial charge in [0.15, 0.2) is 0 Å². The van der Waals surface area contributed by atoms with Crippen molar-refractivity contribution >= 4 is 23.6 Å². The van der Waals surface area contributed by atoms with Crippen LogP contribution in [0.25, 0.3) is 0 Å². The molecule has 0 spiro atoms. The first kappa shape index (κ1) is 17.3. The predicted molar refractivity (Wildman–Crippen MR) is 96.2 cm³/mol. The minimum atomic E-state index is -0.842. The van der Waals surface area contributed by atoms with Gasteiger partial charge in [0.25, 0.3) is 0 Å². The number of hydrogen-bond donors (Lipinski definition) is 1. The molecule has 1 N–H and O–H groups in total. The van der Waals surface area contributed by atoms with Gasteiger partial charge in [-0.3, -0.25) is 4.79 Å². The maximum atomic E-state index is 12.5. The van der Waals surface area contributed by atoms with Crippen molar-refractivity contribution < 1.29 is 14.3 Å². The normalized spacial score (nSPS) is 19.2. The van der Waals surface area contributed by atoms with E-state index in [1.165, 1.54) is 31.1 Å². The van der Waals surface area contributed by atoms with Crippen LogP contribution in [0.4, 0.5) is 0 Å². The highest BCUT2D eigenvalue weighted by Gasteiger charge is 2.42. The predicted octanol–water partition coefficient (Wildman–Crippen LogP) is 2.66. The zero-order valence-electron chi connectivity index (χ0n) is 14.2. The summed E-state index contributed by atoms with van der Waals surface area (Å²) in [6.07, 6.45) is 6.33. The van der Waals surface area contributed by atoms with E-state index in [0.29, 0.717) is 19.3 Å². The minimum absolute atomic E-state index is 0.0944. The number of aryl methyl sites for hydroxylation is 2. The quantitative estimate of drug-likeness (QED) is 0.851. The first-order valence-electron chi connectivity index (χ1n) is 8.71. The van der Waals surface area contributed by atoms with Crippen LogP contribution in [0, 0.1) is 0 Å². The highest BCUT2D eigenvalue weighted by atomic mass is 32.2. The number of fused-ring (bicyclic) bond motifs is 1. The molecule has 1 aromatic rings. The molecule has 1 fully saturated rings. The maximum absolute atomic E-state index is 12.5. The Hall–Kier alpha value is -1.49. The Bertz CT molecular complexity index is 623. The van der Waals surface area contributed by atoms with Crippen molar-refractivity contribution in [3.8, 4) is 0 Å². The molecule has 4 nitrogen and oxygen atoms in total. The van der Waals surface area contributed by atoms with Crippen LogP contribution in [0.5, 0.6) is 0 Å². The first-order valence-corrected chi connectivity index (χ1v) is 9.86. The van der Waals surface area contributed by atoms with Gasteiger partial charge >= 0.3 is 5.97 Å². The second-order valence-corrected chi connectivity index (χ2v) is 7.95. The molecule has 0 bridgehead atoms. The molecule has 0 saturated carbocycles. The van der Waals surface area contributed by atoms with Crippen molar-refractivity contribution in [1.29, 1.82) is 0 Å². The summed E-state index contributed by atoms with van der Waals surface area (Å²) in [5.74, 6) is 1.33. The van der Waals surface area contributed by atoms with Crippen molar-refractivity contribution in [3.05, 3.63) is 34.9 Å².